The first-order valence-corrected chi connectivity index (χ1v) is 5.28. The van der Waals surface area contributed by atoms with Crippen molar-refractivity contribution in [3.63, 3.8) is 0 Å². The smallest absolute Gasteiger partial charge is 0.162 e. The Labute approximate surface area is 103 Å². The van der Waals surface area contributed by atoms with Gasteiger partial charge in [0.1, 0.15) is 0 Å². The van der Waals surface area contributed by atoms with Crippen molar-refractivity contribution in [2.75, 3.05) is 0 Å². The number of rotatable bonds is 4. The highest BCUT2D eigenvalue weighted by atomic mass is 35.5. The van der Waals surface area contributed by atoms with Gasteiger partial charge in [0.15, 0.2) is 11.5 Å². The lowest BCUT2D eigenvalue weighted by Gasteiger charge is -2.15. The van der Waals surface area contributed by atoms with Crippen molar-refractivity contribution in [1.82, 2.24) is 0 Å². The highest BCUT2D eigenvalue weighted by Crippen LogP contribution is 2.33. The van der Waals surface area contributed by atoms with Crippen molar-refractivity contribution in [2.24, 2.45) is 11.7 Å². The monoisotopic (exact) mass is 245 g/mol. The van der Waals surface area contributed by atoms with E-state index in [2.05, 4.69) is 13.8 Å². The zero-order valence-corrected chi connectivity index (χ0v) is 10.5. The minimum atomic E-state index is -0.209. The van der Waals surface area contributed by atoms with Crippen LogP contribution in [-0.2, 0) is 0 Å². The Morgan fingerprint density at radius 2 is 1.81 bits per heavy atom. The van der Waals surface area contributed by atoms with Crippen molar-refractivity contribution in [3.05, 3.63) is 23.8 Å². The van der Waals surface area contributed by atoms with Crippen molar-refractivity contribution in [2.45, 2.75) is 32.7 Å². The summed E-state index contributed by atoms with van der Waals surface area (Å²) in [5.74, 6) is 0.400. The number of nitrogens with two attached hydrogens (primary N) is 1. The van der Waals surface area contributed by atoms with Crippen molar-refractivity contribution in [3.8, 4) is 11.5 Å². The van der Waals surface area contributed by atoms with Crippen LogP contribution >= 0.6 is 12.4 Å². The fraction of sp³-hybridized carbons (Fsp3) is 0.500. The van der Waals surface area contributed by atoms with E-state index in [-0.39, 0.29) is 29.9 Å². The maximum Gasteiger partial charge on any atom is 0.162 e. The third-order valence-electron chi connectivity index (χ3n) is 2.50. The van der Waals surface area contributed by atoms with Gasteiger partial charge < -0.3 is 15.9 Å². The normalized spacial score (nSPS) is 12.2. The maximum absolute atomic E-state index is 9.60. The molecule has 0 saturated heterocycles. The second-order valence-corrected chi connectivity index (χ2v) is 4.29. The van der Waals surface area contributed by atoms with E-state index in [1.807, 2.05) is 0 Å². The molecular formula is C12H20ClNO2. The van der Waals surface area contributed by atoms with E-state index in [4.69, 9.17) is 5.73 Å². The van der Waals surface area contributed by atoms with Crippen LogP contribution in [0.1, 0.15) is 38.3 Å². The fourth-order valence-electron chi connectivity index (χ4n) is 1.52. The Hall–Kier alpha value is -0.930. The summed E-state index contributed by atoms with van der Waals surface area (Å²) in [6.07, 6.45) is 1.82. The van der Waals surface area contributed by atoms with Crippen molar-refractivity contribution >= 4 is 12.4 Å². The molecule has 0 heterocycles. The maximum atomic E-state index is 9.60. The summed E-state index contributed by atoms with van der Waals surface area (Å²) in [6, 6.07) is 4.69. The second kappa shape index (κ2) is 6.61. The van der Waals surface area contributed by atoms with E-state index in [0.29, 0.717) is 11.5 Å². The molecule has 0 aromatic heterocycles. The largest absolute Gasteiger partial charge is 0.504 e. The van der Waals surface area contributed by atoms with Crippen LogP contribution in [0.5, 0.6) is 11.5 Å². The third-order valence-corrected chi connectivity index (χ3v) is 2.50. The van der Waals surface area contributed by atoms with Crippen LogP contribution in [0.2, 0.25) is 0 Å². The molecule has 4 N–H and O–H groups in total. The number of phenols is 2. The van der Waals surface area contributed by atoms with E-state index in [0.717, 1.165) is 12.8 Å². The Bertz CT molecular complexity index is 329. The molecule has 0 fully saturated rings. The molecule has 0 amide bonds. The summed E-state index contributed by atoms with van der Waals surface area (Å²) < 4.78 is 0. The summed E-state index contributed by atoms with van der Waals surface area (Å²) in [5.41, 5.74) is 6.56. The molecule has 1 rings (SSSR count). The molecule has 0 unspecified atom stereocenters. The number of hydrogen-bond acceptors (Lipinski definition) is 3. The van der Waals surface area contributed by atoms with E-state index < -0.39 is 0 Å². The quantitative estimate of drug-likeness (QED) is 0.715. The molecule has 0 aliphatic heterocycles. The number of halogens is 1. The Morgan fingerprint density at radius 1 is 1.19 bits per heavy atom. The SMILES string of the molecule is CC(C)CC[C@@H](N)c1cccc(O)c1O.Cl. The van der Waals surface area contributed by atoms with Gasteiger partial charge in [0.25, 0.3) is 0 Å². The van der Waals surface area contributed by atoms with Crippen LogP contribution in [0.3, 0.4) is 0 Å². The summed E-state index contributed by atoms with van der Waals surface area (Å²) in [4.78, 5) is 0. The van der Waals surface area contributed by atoms with Gasteiger partial charge in [0.05, 0.1) is 0 Å². The lowest BCUT2D eigenvalue weighted by molar-refractivity contribution is 0.392. The average Bonchev–Trinajstić information content (AvgIpc) is 2.18. The number of hydrogen-bond donors (Lipinski definition) is 3. The van der Waals surface area contributed by atoms with Crippen LogP contribution in [0, 0.1) is 5.92 Å². The molecular weight excluding hydrogens is 226 g/mol. The van der Waals surface area contributed by atoms with Crippen LogP contribution in [0.25, 0.3) is 0 Å². The topological polar surface area (TPSA) is 66.5 Å². The summed E-state index contributed by atoms with van der Waals surface area (Å²) >= 11 is 0. The first-order chi connectivity index (χ1) is 7.02. The first-order valence-electron chi connectivity index (χ1n) is 5.28. The second-order valence-electron chi connectivity index (χ2n) is 4.29. The van der Waals surface area contributed by atoms with Gasteiger partial charge >= 0.3 is 0 Å². The molecule has 0 saturated carbocycles. The lowest BCUT2D eigenvalue weighted by atomic mass is 9.97. The molecule has 92 valence electrons. The van der Waals surface area contributed by atoms with Gasteiger partial charge in [-0.1, -0.05) is 26.0 Å². The molecule has 0 spiro atoms. The van der Waals surface area contributed by atoms with E-state index in [9.17, 15) is 10.2 Å². The molecule has 3 nitrogen and oxygen atoms in total. The van der Waals surface area contributed by atoms with Crippen molar-refractivity contribution < 1.29 is 10.2 Å². The number of phenolic OH excluding ortho intramolecular Hbond substituents is 2. The highest BCUT2D eigenvalue weighted by molar-refractivity contribution is 5.85. The van der Waals surface area contributed by atoms with Gasteiger partial charge in [-0.25, -0.2) is 0 Å². The lowest BCUT2D eigenvalue weighted by Crippen LogP contribution is -2.11. The highest BCUT2D eigenvalue weighted by Gasteiger charge is 2.13. The van der Waals surface area contributed by atoms with Gasteiger partial charge in [0, 0.05) is 11.6 Å². The van der Waals surface area contributed by atoms with Gasteiger partial charge in [-0.3, -0.25) is 0 Å². The molecule has 16 heavy (non-hydrogen) atoms. The molecule has 1 atom stereocenters. The average molecular weight is 246 g/mol. The molecule has 1 aromatic carbocycles. The van der Waals surface area contributed by atoms with Crippen LogP contribution in [0.15, 0.2) is 18.2 Å². The zero-order chi connectivity index (χ0) is 11.4. The van der Waals surface area contributed by atoms with Crippen LogP contribution in [0.4, 0.5) is 0 Å². The van der Waals surface area contributed by atoms with E-state index in [1.54, 1.807) is 12.1 Å². The molecule has 1 aromatic rings. The van der Waals surface area contributed by atoms with Crippen LogP contribution in [-0.4, -0.2) is 10.2 Å². The molecule has 0 radical (unpaired) electrons. The molecule has 0 bridgehead atoms. The summed E-state index contributed by atoms with van der Waals surface area (Å²) in [6.45, 7) is 4.27. The minimum Gasteiger partial charge on any atom is -0.504 e. The van der Waals surface area contributed by atoms with Gasteiger partial charge in [-0.2, -0.15) is 0 Å². The third kappa shape index (κ3) is 3.91. The molecule has 0 aliphatic carbocycles. The van der Waals surface area contributed by atoms with E-state index in [1.165, 1.54) is 6.07 Å². The predicted molar refractivity (Wildman–Crippen MR) is 68.0 cm³/mol. The minimum absolute atomic E-state index is 0. The van der Waals surface area contributed by atoms with Crippen molar-refractivity contribution in [1.29, 1.82) is 0 Å². The molecule has 0 aliphatic rings. The summed E-state index contributed by atoms with van der Waals surface area (Å²) in [7, 11) is 0. The van der Waals surface area contributed by atoms with E-state index >= 15 is 0 Å². The Kier molecular flexibility index (Phi) is 6.22. The first kappa shape index (κ1) is 15.1. The van der Waals surface area contributed by atoms with Gasteiger partial charge in [-0.15, -0.1) is 12.4 Å². The standard InChI is InChI=1S/C12H19NO2.ClH/c1-8(2)6-7-10(13)9-4-3-5-11(14)12(9)15;/h3-5,8,10,14-15H,6-7,13H2,1-2H3;1H/t10-;/m1./s1. The fourth-order valence-corrected chi connectivity index (χ4v) is 1.52. The predicted octanol–water partition coefficient (Wildman–Crippen LogP) is 2.96. The zero-order valence-electron chi connectivity index (χ0n) is 9.68. The number of para-hydroxylation sites is 1. The number of benzene rings is 1. The summed E-state index contributed by atoms with van der Waals surface area (Å²) in [5, 5.41) is 18.9. The Balaban J connectivity index is 0.00000225. The van der Waals surface area contributed by atoms with Gasteiger partial charge in [-0.05, 0) is 24.8 Å². The van der Waals surface area contributed by atoms with Crippen LogP contribution < -0.4 is 5.73 Å². The Morgan fingerprint density at radius 3 is 2.38 bits per heavy atom. The van der Waals surface area contributed by atoms with Gasteiger partial charge in [0.2, 0.25) is 0 Å². The number of aromatic hydroxyl groups is 2. The molecule has 4 heteroatoms.